The average molecular weight is 308 g/mol. The van der Waals surface area contributed by atoms with Crippen molar-refractivity contribution in [3.63, 3.8) is 0 Å². The lowest BCUT2D eigenvalue weighted by Crippen LogP contribution is -2.13. The van der Waals surface area contributed by atoms with Crippen LogP contribution in [-0.4, -0.2) is 15.7 Å². The molecule has 2 aromatic rings. The number of Topliss-reactive ketones (excluding diaryl/α,β-unsaturated/α-hetero) is 1. The van der Waals surface area contributed by atoms with E-state index in [2.05, 4.69) is 0 Å². The molecule has 1 unspecified atom stereocenters. The number of halogens is 2. The normalized spacial score (nSPS) is 12.2. The third kappa shape index (κ3) is 3.61. The highest BCUT2D eigenvalue weighted by atomic mass is 32.2. The van der Waals surface area contributed by atoms with Gasteiger partial charge in [0.15, 0.2) is 5.78 Å². The van der Waals surface area contributed by atoms with Gasteiger partial charge in [-0.15, -0.1) is 0 Å². The third-order valence-corrected chi connectivity index (χ3v) is 4.54. The minimum Gasteiger partial charge on any atom is -0.293 e. The Morgan fingerprint density at radius 2 is 1.81 bits per heavy atom. The molecule has 2 aromatic carbocycles. The molecule has 0 bridgehead atoms. The van der Waals surface area contributed by atoms with Gasteiger partial charge in [-0.2, -0.15) is 0 Å². The average Bonchev–Trinajstić information content (AvgIpc) is 2.41. The Morgan fingerprint density at radius 1 is 1.10 bits per heavy atom. The molecule has 0 aliphatic carbocycles. The molecule has 0 amide bonds. The lowest BCUT2D eigenvalue weighted by atomic mass is 10.1. The van der Waals surface area contributed by atoms with E-state index in [1.54, 1.807) is 13.0 Å². The van der Waals surface area contributed by atoms with Gasteiger partial charge < -0.3 is 0 Å². The van der Waals surface area contributed by atoms with Crippen molar-refractivity contribution >= 4 is 16.6 Å². The van der Waals surface area contributed by atoms with Crippen molar-refractivity contribution in [3.8, 4) is 0 Å². The van der Waals surface area contributed by atoms with Crippen LogP contribution in [0.25, 0.3) is 0 Å². The van der Waals surface area contributed by atoms with Crippen LogP contribution in [0.5, 0.6) is 0 Å². The molecular formula is C16H14F2O2S. The SMILES string of the molecule is Cc1ccc(C)c(S(=O)CC(=O)c2ccc(F)cc2F)c1. The van der Waals surface area contributed by atoms with E-state index in [4.69, 9.17) is 0 Å². The molecule has 0 radical (unpaired) electrons. The van der Waals surface area contributed by atoms with Crippen molar-refractivity contribution in [3.05, 3.63) is 64.7 Å². The summed E-state index contributed by atoms with van der Waals surface area (Å²) in [5.74, 6) is -2.61. The fraction of sp³-hybridized carbons (Fsp3) is 0.188. The molecule has 0 aromatic heterocycles. The molecule has 0 spiro atoms. The maximum Gasteiger partial charge on any atom is 0.178 e. The van der Waals surface area contributed by atoms with Crippen LogP contribution in [0.1, 0.15) is 21.5 Å². The van der Waals surface area contributed by atoms with Gasteiger partial charge in [-0.1, -0.05) is 12.1 Å². The Hall–Kier alpha value is -1.88. The van der Waals surface area contributed by atoms with Gasteiger partial charge >= 0.3 is 0 Å². The van der Waals surface area contributed by atoms with Crippen LogP contribution in [0.2, 0.25) is 0 Å². The first-order valence-electron chi connectivity index (χ1n) is 6.32. The monoisotopic (exact) mass is 308 g/mol. The first kappa shape index (κ1) is 15.5. The van der Waals surface area contributed by atoms with E-state index in [-0.39, 0.29) is 11.3 Å². The number of ketones is 1. The van der Waals surface area contributed by atoms with Crippen LogP contribution in [-0.2, 0) is 10.8 Å². The van der Waals surface area contributed by atoms with Crippen molar-refractivity contribution in [2.75, 3.05) is 5.75 Å². The highest BCUT2D eigenvalue weighted by Gasteiger charge is 2.17. The van der Waals surface area contributed by atoms with Gasteiger partial charge in [0.25, 0.3) is 0 Å². The number of carbonyl (C=O) groups excluding carboxylic acids is 1. The number of benzene rings is 2. The van der Waals surface area contributed by atoms with Gasteiger partial charge in [-0.3, -0.25) is 9.00 Å². The summed E-state index contributed by atoms with van der Waals surface area (Å²) in [5, 5.41) is 0. The third-order valence-electron chi connectivity index (χ3n) is 3.08. The molecule has 21 heavy (non-hydrogen) atoms. The molecule has 5 heteroatoms. The van der Waals surface area contributed by atoms with E-state index in [9.17, 15) is 17.8 Å². The van der Waals surface area contributed by atoms with Crippen molar-refractivity contribution in [2.45, 2.75) is 18.7 Å². The summed E-state index contributed by atoms with van der Waals surface area (Å²) < 4.78 is 38.6. The molecule has 1 atom stereocenters. The minimum atomic E-state index is -1.56. The topological polar surface area (TPSA) is 34.1 Å². The molecule has 2 nitrogen and oxygen atoms in total. The van der Waals surface area contributed by atoms with Crippen molar-refractivity contribution in [1.82, 2.24) is 0 Å². The second-order valence-corrected chi connectivity index (χ2v) is 6.23. The van der Waals surface area contributed by atoms with Gasteiger partial charge in [0.05, 0.1) is 22.1 Å². The fourth-order valence-corrected chi connectivity index (χ4v) is 3.24. The zero-order chi connectivity index (χ0) is 15.6. The van der Waals surface area contributed by atoms with Crippen LogP contribution >= 0.6 is 0 Å². The van der Waals surface area contributed by atoms with Gasteiger partial charge in [0.2, 0.25) is 0 Å². The second kappa shape index (κ2) is 6.26. The summed E-state index contributed by atoms with van der Waals surface area (Å²) in [5.41, 5.74) is 1.51. The summed E-state index contributed by atoms with van der Waals surface area (Å²) in [6, 6.07) is 8.20. The highest BCUT2D eigenvalue weighted by Crippen LogP contribution is 2.17. The van der Waals surface area contributed by atoms with Crippen LogP contribution in [0.4, 0.5) is 8.78 Å². The van der Waals surface area contributed by atoms with Crippen molar-refractivity contribution in [2.24, 2.45) is 0 Å². The predicted molar refractivity (Wildman–Crippen MR) is 77.9 cm³/mol. The van der Waals surface area contributed by atoms with E-state index in [0.717, 1.165) is 23.3 Å². The maximum atomic E-state index is 13.5. The standard InChI is InChI=1S/C16H14F2O2S/c1-10-3-4-11(2)16(7-10)21(20)9-15(19)13-6-5-12(17)8-14(13)18/h3-8H,9H2,1-2H3. The molecule has 0 N–H and O–H groups in total. The van der Waals surface area contributed by atoms with Crippen molar-refractivity contribution < 1.29 is 17.8 Å². The summed E-state index contributed by atoms with van der Waals surface area (Å²) in [6.45, 7) is 3.66. The smallest absolute Gasteiger partial charge is 0.178 e. The molecule has 0 saturated heterocycles. The molecule has 2 rings (SSSR count). The zero-order valence-electron chi connectivity index (χ0n) is 11.7. The van der Waals surface area contributed by atoms with Gasteiger partial charge in [-0.05, 0) is 43.2 Å². The Labute approximate surface area is 124 Å². The highest BCUT2D eigenvalue weighted by molar-refractivity contribution is 7.85. The Bertz CT molecular complexity index is 726. The fourth-order valence-electron chi connectivity index (χ4n) is 1.94. The van der Waals surface area contributed by atoms with E-state index < -0.39 is 28.2 Å². The first-order valence-corrected chi connectivity index (χ1v) is 7.64. The van der Waals surface area contributed by atoms with E-state index in [1.807, 2.05) is 19.1 Å². The van der Waals surface area contributed by atoms with Gasteiger partial charge in [0, 0.05) is 11.0 Å². The van der Waals surface area contributed by atoms with Crippen molar-refractivity contribution in [1.29, 1.82) is 0 Å². The first-order chi connectivity index (χ1) is 9.88. The Balaban J connectivity index is 2.23. The zero-order valence-corrected chi connectivity index (χ0v) is 12.5. The van der Waals surface area contributed by atoms with Crippen LogP contribution in [0.3, 0.4) is 0 Å². The molecule has 0 aliphatic heterocycles. The molecule has 110 valence electrons. The molecular weight excluding hydrogens is 294 g/mol. The quantitative estimate of drug-likeness (QED) is 0.809. The summed E-state index contributed by atoms with van der Waals surface area (Å²) in [4.78, 5) is 12.6. The maximum absolute atomic E-state index is 13.5. The summed E-state index contributed by atoms with van der Waals surface area (Å²) in [7, 11) is -1.56. The van der Waals surface area contributed by atoms with Gasteiger partial charge in [-0.25, -0.2) is 8.78 Å². The van der Waals surface area contributed by atoms with Crippen LogP contribution < -0.4 is 0 Å². The van der Waals surface area contributed by atoms with E-state index in [0.29, 0.717) is 11.0 Å². The number of carbonyl (C=O) groups is 1. The number of aryl methyl sites for hydroxylation is 2. The summed E-state index contributed by atoms with van der Waals surface area (Å²) in [6.07, 6.45) is 0. The lowest BCUT2D eigenvalue weighted by molar-refractivity contribution is 0.101. The number of hydrogen-bond acceptors (Lipinski definition) is 2. The lowest BCUT2D eigenvalue weighted by Gasteiger charge is -2.07. The predicted octanol–water partition coefficient (Wildman–Crippen LogP) is 3.57. The van der Waals surface area contributed by atoms with Crippen LogP contribution in [0.15, 0.2) is 41.3 Å². The number of rotatable bonds is 4. The molecule has 0 saturated carbocycles. The molecule has 0 aliphatic rings. The van der Waals surface area contributed by atoms with Crippen LogP contribution in [0, 0.1) is 25.5 Å². The largest absolute Gasteiger partial charge is 0.293 e. The molecule has 0 heterocycles. The second-order valence-electron chi connectivity index (χ2n) is 4.81. The summed E-state index contributed by atoms with van der Waals surface area (Å²) >= 11 is 0. The van der Waals surface area contributed by atoms with Gasteiger partial charge in [0.1, 0.15) is 11.6 Å². The molecule has 0 fully saturated rings. The van der Waals surface area contributed by atoms with E-state index in [1.165, 1.54) is 0 Å². The minimum absolute atomic E-state index is 0.241. The van der Waals surface area contributed by atoms with E-state index >= 15 is 0 Å². The number of hydrogen-bond donors (Lipinski definition) is 0. The Morgan fingerprint density at radius 3 is 2.48 bits per heavy atom. The Kier molecular flexibility index (Phi) is 4.63.